The minimum Gasteiger partial charge on any atom is -0.355 e. The van der Waals surface area contributed by atoms with Crippen LogP contribution in [0, 0.1) is 0 Å². The number of carbonyl (C=O) groups excluding carboxylic acids is 2. The summed E-state index contributed by atoms with van der Waals surface area (Å²) in [5.41, 5.74) is -0.00857. The maximum atomic E-state index is 12.2. The summed E-state index contributed by atoms with van der Waals surface area (Å²) in [5, 5.41) is 5.16. The SMILES string of the molecule is CCNC(=O)[C@@H](C)NC(=O)c1cc(S(=O)(=O)N(C)C)ccc1Cl. The van der Waals surface area contributed by atoms with Crippen LogP contribution >= 0.6 is 11.6 Å². The second kappa shape index (κ2) is 7.76. The van der Waals surface area contributed by atoms with Crippen molar-refractivity contribution in [3.63, 3.8) is 0 Å². The van der Waals surface area contributed by atoms with Crippen LogP contribution in [0.3, 0.4) is 0 Å². The average Bonchev–Trinajstić information content (AvgIpc) is 2.47. The van der Waals surface area contributed by atoms with Crippen LogP contribution in [0.4, 0.5) is 0 Å². The fraction of sp³-hybridized carbons (Fsp3) is 0.429. The van der Waals surface area contributed by atoms with Crippen molar-refractivity contribution in [2.24, 2.45) is 0 Å². The summed E-state index contributed by atoms with van der Waals surface area (Å²) in [4.78, 5) is 23.8. The molecule has 0 spiro atoms. The number of benzene rings is 1. The number of halogens is 1. The fourth-order valence-electron chi connectivity index (χ4n) is 1.72. The minimum atomic E-state index is -3.69. The van der Waals surface area contributed by atoms with Gasteiger partial charge < -0.3 is 10.6 Å². The van der Waals surface area contributed by atoms with Crippen molar-refractivity contribution in [1.29, 1.82) is 0 Å². The summed E-state index contributed by atoms with van der Waals surface area (Å²) in [7, 11) is -0.908. The first-order valence-electron chi connectivity index (χ1n) is 6.92. The Kier molecular flexibility index (Phi) is 6.55. The quantitative estimate of drug-likeness (QED) is 0.785. The first-order valence-corrected chi connectivity index (χ1v) is 8.73. The monoisotopic (exact) mass is 361 g/mol. The summed E-state index contributed by atoms with van der Waals surface area (Å²) in [6.07, 6.45) is 0. The molecule has 2 amide bonds. The van der Waals surface area contributed by atoms with Crippen molar-refractivity contribution >= 4 is 33.4 Å². The van der Waals surface area contributed by atoms with E-state index >= 15 is 0 Å². The normalized spacial score (nSPS) is 12.8. The van der Waals surface area contributed by atoms with E-state index in [9.17, 15) is 18.0 Å². The minimum absolute atomic E-state index is 0.00857. The predicted octanol–water partition coefficient (Wildman–Crippen LogP) is 0.845. The molecule has 1 aromatic rings. The molecule has 0 fully saturated rings. The van der Waals surface area contributed by atoms with E-state index < -0.39 is 22.0 Å². The van der Waals surface area contributed by atoms with E-state index in [2.05, 4.69) is 10.6 Å². The van der Waals surface area contributed by atoms with Gasteiger partial charge in [-0.3, -0.25) is 9.59 Å². The Morgan fingerprint density at radius 3 is 2.43 bits per heavy atom. The lowest BCUT2D eigenvalue weighted by atomic mass is 10.2. The third kappa shape index (κ3) is 4.66. The van der Waals surface area contributed by atoms with E-state index in [1.54, 1.807) is 6.92 Å². The van der Waals surface area contributed by atoms with E-state index in [4.69, 9.17) is 11.6 Å². The molecule has 0 aromatic heterocycles. The van der Waals surface area contributed by atoms with E-state index in [0.717, 1.165) is 4.31 Å². The second-order valence-electron chi connectivity index (χ2n) is 5.02. The van der Waals surface area contributed by atoms with Gasteiger partial charge in [0.25, 0.3) is 5.91 Å². The van der Waals surface area contributed by atoms with Gasteiger partial charge in [-0.05, 0) is 32.0 Å². The van der Waals surface area contributed by atoms with Gasteiger partial charge in [0.05, 0.1) is 15.5 Å². The highest BCUT2D eigenvalue weighted by Crippen LogP contribution is 2.22. The van der Waals surface area contributed by atoms with E-state index in [0.29, 0.717) is 6.54 Å². The van der Waals surface area contributed by atoms with Crippen LogP contribution in [0.5, 0.6) is 0 Å². The molecular formula is C14H20ClN3O4S. The zero-order valence-electron chi connectivity index (χ0n) is 13.4. The zero-order valence-corrected chi connectivity index (χ0v) is 15.0. The average molecular weight is 362 g/mol. The summed E-state index contributed by atoms with van der Waals surface area (Å²) >= 11 is 5.98. The highest BCUT2D eigenvalue weighted by atomic mass is 35.5. The number of nitrogens with zero attached hydrogens (tertiary/aromatic N) is 1. The number of sulfonamides is 1. The molecular weight excluding hydrogens is 342 g/mol. The lowest BCUT2D eigenvalue weighted by Gasteiger charge is -2.15. The highest BCUT2D eigenvalue weighted by molar-refractivity contribution is 7.89. The van der Waals surface area contributed by atoms with Gasteiger partial charge in [-0.25, -0.2) is 12.7 Å². The van der Waals surface area contributed by atoms with Gasteiger partial charge in [0.2, 0.25) is 15.9 Å². The molecule has 0 bridgehead atoms. The lowest BCUT2D eigenvalue weighted by Crippen LogP contribution is -2.44. The lowest BCUT2D eigenvalue weighted by molar-refractivity contribution is -0.122. The largest absolute Gasteiger partial charge is 0.355 e. The molecule has 9 heteroatoms. The number of likely N-dealkylation sites (N-methyl/N-ethyl adjacent to an activating group) is 1. The highest BCUT2D eigenvalue weighted by Gasteiger charge is 2.22. The number of hydrogen-bond acceptors (Lipinski definition) is 4. The molecule has 2 N–H and O–H groups in total. The van der Waals surface area contributed by atoms with E-state index in [1.165, 1.54) is 39.2 Å². The van der Waals surface area contributed by atoms with Crippen molar-refractivity contribution in [1.82, 2.24) is 14.9 Å². The van der Waals surface area contributed by atoms with E-state index in [-0.39, 0.29) is 21.4 Å². The smallest absolute Gasteiger partial charge is 0.253 e. The molecule has 1 aromatic carbocycles. The van der Waals surface area contributed by atoms with Crippen molar-refractivity contribution in [3.05, 3.63) is 28.8 Å². The summed E-state index contributed by atoms with van der Waals surface area (Å²) < 4.78 is 25.3. The van der Waals surface area contributed by atoms with Crippen LogP contribution in [-0.2, 0) is 14.8 Å². The molecule has 23 heavy (non-hydrogen) atoms. The number of carbonyl (C=O) groups is 2. The number of rotatable bonds is 6. The summed E-state index contributed by atoms with van der Waals surface area (Å²) in [6.45, 7) is 3.73. The summed E-state index contributed by atoms with van der Waals surface area (Å²) in [5.74, 6) is -0.960. The summed E-state index contributed by atoms with van der Waals surface area (Å²) in [6, 6.07) is 3.08. The molecule has 0 heterocycles. The maximum absolute atomic E-state index is 12.2. The van der Waals surface area contributed by atoms with Crippen LogP contribution < -0.4 is 10.6 Å². The standard InChI is InChI=1S/C14H20ClN3O4S/c1-5-16-13(19)9(2)17-14(20)11-8-10(6-7-12(11)15)23(21,22)18(3)4/h6-9H,5H2,1-4H3,(H,16,19)(H,17,20)/t9-/m1/s1. The number of amides is 2. The Labute approximate surface area is 141 Å². The Balaban J connectivity index is 3.09. The third-order valence-corrected chi connectivity index (χ3v) is 5.19. The number of hydrogen-bond donors (Lipinski definition) is 2. The second-order valence-corrected chi connectivity index (χ2v) is 7.58. The van der Waals surface area contributed by atoms with E-state index in [1.807, 2.05) is 0 Å². The van der Waals surface area contributed by atoms with Gasteiger partial charge in [-0.2, -0.15) is 0 Å². The molecule has 0 aliphatic rings. The zero-order chi connectivity index (χ0) is 17.8. The molecule has 1 atom stereocenters. The Morgan fingerprint density at radius 2 is 1.91 bits per heavy atom. The van der Waals surface area contributed by atoms with Crippen LogP contribution in [0.2, 0.25) is 5.02 Å². The number of nitrogens with one attached hydrogen (secondary N) is 2. The van der Waals surface area contributed by atoms with Gasteiger partial charge in [0.1, 0.15) is 6.04 Å². The van der Waals surface area contributed by atoms with Crippen LogP contribution in [0.15, 0.2) is 23.1 Å². The third-order valence-electron chi connectivity index (χ3n) is 3.05. The van der Waals surface area contributed by atoms with Gasteiger partial charge in [-0.15, -0.1) is 0 Å². The molecule has 0 aliphatic carbocycles. The van der Waals surface area contributed by atoms with Crippen LogP contribution in [0.1, 0.15) is 24.2 Å². The first kappa shape index (κ1) is 19.4. The van der Waals surface area contributed by atoms with Gasteiger partial charge >= 0.3 is 0 Å². The molecule has 7 nitrogen and oxygen atoms in total. The molecule has 0 radical (unpaired) electrons. The first-order chi connectivity index (χ1) is 10.6. The van der Waals surface area contributed by atoms with Gasteiger partial charge in [0, 0.05) is 20.6 Å². The molecule has 0 saturated carbocycles. The van der Waals surface area contributed by atoms with Crippen molar-refractivity contribution in [2.75, 3.05) is 20.6 Å². The molecule has 0 unspecified atom stereocenters. The Morgan fingerprint density at radius 1 is 1.30 bits per heavy atom. The maximum Gasteiger partial charge on any atom is 0.253 e. The van der Waals surface area contributed by atoms with Crippen LogP contribution in [0.25, 0.3) is 0 Å². The molecule has 0 aliphatic heterocycles. The molecule has 0 saturated heterocycles. The predicted molar refractivity (Wildman–Crippen MR) is 87.9 cm³/mol. The van der Waals surface area contributed by atoms with Crippen molar-refractivity contribution in [2.45, 2.75) is 24.8 Å². The Hall–Kier alpha value is -1.64. The molecule has 128 valence electrons. The Bertz CT molecular complexity index is 704. The van der Waals surface area contributed by atoms with Crippen molar-refractivity contribution in [3.8, 4) is 0 Å². The molecule has 1 rings (SSSR count). The van der Waals surface area contributed by atoms with Gasteiger partial charge in [-0.1, -0.05) is 11.6 Å². The fourth-order valence-corrected chi connectivity index (χ4v) is 2.85. The van der Waals surface area contributed by atoms with Crippen LogP contribution in [-0.4, -0.2) is 51.2 Å². The van der Waals surface area contributed by atoms with Crippen molar-refractivity contribution < 1.29 is 18.0 Å². The topological polar surface area (TPSA) is 95.6 Å². The van der Waals surface area contributed by atoms with Gasteiger partial charge in [0.15, 0.2) is 0 Å².